The van der Waals surface area contributed by atoms with E-state index in [-0.39, 0.29) is 11.9 Å². The molecule has 0 spiro atoms. The zero-order chi connectivity index (χ0) is 16.1. The third-order valence-corrected chi connectivity index (χ3v) is 5.23. The lowest BCUT2D eigenvalue weighted by Gasteiger charge is -2.27. The average Bonchev–Trinajstić information content (AvgIpc) is 3.24. The Morgan fingerprint density at radius 3 is 2.61 bits per heavy atom. The molecule has 122 valence electrons. The van der Waals surface area contributed by atoms with E-state index in [1.807, 2.05) is 24.3 Å². The van der Waals surface area contributed by atoms with Crippen LogP contribution >= 0.6 is 22.9 Å². The largest absolute Gasteiger partial charge is 0.354 e. The number of hydrogen-bond donors (Lipinski definition) is 1. The van der Waals surface area contributed by atoms with Gasteiger partial charge in [-0.2, -0.15) is 11.3 Å². The Bertz CT molecular complexity index is 621. The van der Waals surface area contributed by atoms with E-state index in [1.54, 1.807) is 11.3 Å². The van der Waals surface area contributed by atoms with Crippen LogP contribution in [0.3, 0.4) is 0 Å². The predicted molar refractivity (Wildman–Crippen MR) is 96.0 cm³/mol. The van der Waals surface area contributed by atoms with Gasteiger partial charge in [0.15, 0.2) is 0 Å². The number of nitrogens with zero attached hydrogens (tertiary/aromatic N) is 1. The minimum Gasteiger partial charge on any atom is -0.354 e. The van der Waals surface area contributed by atoms with Gasteiger partial charge >= 0.3 is 0 Å². The number of thiophene rings is 1. The predicted octanol–water partition coefficient (Wildman–Crippen LogP) is 3.90. The number of carbonyl (C=O) groups excluding carboxylic acids is 1. The molecule has 0 radical (unpaired) electrons. The van der Waals surface area contributed by atoms with Crippen LogP contribution in [0.15, 0.2) is 41.1 Å². The number of nitrogens with one attached hydrogen (secondary N) is 1. The van der Waals surface area contributed by atoms with E-state index in [0.717, 1.165) is 18.7 Å². The maximum absolute atomic E-state index is 12.2. The monoisotopic (exact) mass is 348 g/mol. The second-order valence-electron chi connectivity index (χ2n) is 5.92. The molecule has 0 bridgehead atoms. The fourth-order valence-corrected chi connectivity index (χ4v) is 3.87. The Kier molecular flexibility index (Phi) is 5.70. The zero-order valence-electron chi connectivity index (χ0n) is 13.0. The van der Waals surface area contributed by atoms with Crippen molar-refractivity contribution in [2.24, 2.45) is 0 Å². The highest BCUT2D eigenvalue weighted by molar-refractivity contribution is 7.07. The van der Waals surface area contributed by atoms with Crippen LogP contribution in [0, 0.1) is 0 Å². The number of benzene rings is 1. The second kappa shape index (κ2) is 7.95. The molecule has 1 aromatic heterocycles. The maximum Gasteiger partial charge on any atom is 0.224 e. The number of hydrogen-bond acceptors (Lipinski definition) is 3. The highest BCUT2D eigenvalue weighted by Crippen LogP contribution is 2.26. The van der Waals surface area contributed by atoms with Crippen molar-refractivity contribution in [1.82, 2.24) is 10.2 Å². The first-order chi connectivity index (χ1) is 11.2. The Hall–Kier alpha value is -1.36. The third kappa shape index (κ3) is 4.56. The molecule has 23 heavy (non-hydrogen) atoms. The molecule has 0 unspecified atom stereocenters. The van der Waals surface area contributed by atoms with E-state index in [2.05, 4.69) is 27.0 Å². The molecule has 1 N–H and O–H groups in total. The van der Waals surface area contributed by atoms with Gasteiger partial charge < -0.3 is 5.32 Å². The third-order valence-electron chi connectivity index (χ3n) is 4.28. The van der Waals surface area contributed by atoms with Crippen molar-refractivity contribution in [3.63, 3.8) is 0 Å². The first kappa shape index (κ1) is 16.5. The highest BCUT2D eigenvalue weighted by Gasteiger charge is 2.24. The molecule has 1 aliphatic rings. The molecule has 2 aromatic rings. The number of carbonyl (C=O) groups is 1. The van der Waals surface area contributed by atoms with Gasteiger partial charge in [-0.05, 0) is 66.0 Å². The van der Waals surface area contributed by atoms with Crippen LogP contribution in [-0.2, 0) is 11.2 Å². The number of likely N-dealkylation sites (tertiary alicyclic amines) is 1. The van der Waals surface area contributed by atoms with E-state index in [4.69, 9.17) is 11.6 Å². The molecule has 5 heteroatoms. The lowest BCUT2D eigenvalue weighted by Crippen LogP contribution is -2.37. The Morgan fingerprint density at radius 2 is 1.96 bits per heavy atom. The van der Waals surface area contributed by atoms with Gasteiger partial charge in [-0.15, -0.1) is 0 Å². The van der Waals surface area contributed by atoms with Gasteiger partial charge in [-0.3, -0.25) is 9.69 Å². The van der Waals surface area contributed by atoms with Gasteiger partial charge in [0.1, 0.15) is 0 Å². The van der Waals surface area contributed by atoms with Crippen LogP contribution in [0.4, 0.5) is 0 Å². The summed E-state index contributed by atoms with van der Waals surface area (Å²) >= 11 is 7.59. The quantitative estimate of drug-likeness (QED) is 0.858. The summed E-state index contributed by atoms with van der Waals surface area (Å²) < 4.78 is 0. The smallest absolute Gasteiger partial charge is 0.224 e. The molecular formula is C18H21ClN2OS. The van der Waals surface area contributed by atoms with Crippen molar-refractivity contribution in [2.75, 3.05) is 19.6 Å². The summed E-state index contributed by atoms with van der Waals surface area (Å²) in [5, 5.41) is 8.09. The van der Waals surface area contributed by atoms with E-state index in [1.165, 1.54) is 18.4 Å². The molecule has 3 rings (SSSR count). The van der Waals surface area contributed by atoms with Gasteiger partial charge in [-0.25, -0.2) is 0 Å². The van der Waals surface area contributed by atoms with Crippen LogP contribution in [-0.4, -0.2) is 30.4 Å². The van der Waals surface area contributed by atoms with E-state index in [0.29, 0.717) is 18.0 Å². The summed E-state index contributed by atoms with van der Waals surface area (Å²) in [5.41, 5.74) is 2.30. The lowest BCUT2D eigenvalue weighted by molar-refractivity contribution is -0.120. The summed E-state index contributed by atoms with van der Waals surface area (Å²) in [7, 11) is 0. The summed E-state index contributed by atoms with van der Waals surface area (Å²) in [4.78, 5) is 14.7. The van der Waals surface area contributed by atoms with Gasteiger partial charge in [-0.1, -0.05) is 23.7 Å². The normalized spacial score (nSPS) is 16.4. The maximum atomic E-state index is 12.2. The Labute approximate surface area is 146 Å². The van der Waals surface area contributed by atoms with Gasteiger partial charge in [0.2, 0.25) is 5.91 Å². The van der Waals surface area contributed by atoms with Gasteiger partial charge in [0.25, 0.3) is 0 Å². The molecular weight excluding hydrogens is 328 g/mol. The number of halogens is 1. The molecule has 1 aliphatic heterocycles. The van der Waals surface area contributed by atoms with Crippen LogP contribution in [0.25, 0.3) is 0 Å². The van der Waals surface area contributed by atoms with Crippen LogP contribution < -0.4 is 5.32 Å². The Balaban J connectivity index is 1.57. The standard InChI is InChI=1S/C18H21ClN2OS/c19-16-5-3-14(4-6-16)11-18(22)20-12-17(15-7-10-23-13-15)21-8-1-2-9-21/h3-7,10,13,17H,1-2,8-9,11-12H2,(H,20,22)/t17-/m1/s1. The minimum absolute atomic E-state index is 0.0618. The number of rotatable bonds is 6. The van der Waals surface area contributed by atoms with Crippen molar-refractivity contribution in [1.29, 1.82) is 0 Å². The lowest BCUT2D eigenvalue weighted by atomic mass is 10.1. The van der Waals surface area contributed by atoms with Gasteiger partial charge in [0.05, 0.1) is 12.5 Å². The zero-order valence-corrected chi connectivity index (χ0v) is 14.6. The van der Waals surface area contributed by atoms with E-state index in [9.17, 15) is 4.79 Å². The van der Waals surface area contributed by atoms with Crippen LogP contribution in [0.5, 0.6) is 0 Å². The molecule has 1 fully saturated rings. The Morgan fingerprint density at radius 1 is 1.22 bits per heavy atom. The van der Waals surface area contributed by atoms with Crippen LogP contribution in [0.1, 0.15) is 30.0 Å². The summed E-state index contributed by atoms with van der Waals surface area (Å²) in [6, 6.07) is 9.90. The topological polar surface area (TPSA) is 32.3 Å². The SMILES string of the molecule is O=C(Cc1ccc(Cl)cc1)NC[C@H](c1ccsc1)N1CCCC1. The molecule has 3 nitrogen and oxygen atoms in total. The van der Waals surface area contributed by atoms with E-state index < -0.39 is 0 Å². The fourth-order valence-electron chi connectivity index (χ4n) is 3.04. The molecule has 2 heterocycles. The average molecular weight is 349 g/mol. The van der Waals surface area contributed by atoms with Crippen LogP contribution in [0.2, 0.25) is 5.02 Å². The molecule has 1 atom stereocenters. The second-order valence-corrected chi connectivity index (χ2v) is 7.14. The molecule has 1 aromatic carbocycles. The molecule has 0 aliphatic carbocycles. The first-order valence-electron chi connectivity index (χ1n) is 7.99. The first-order valence-corrected chi connectivity index (χ1v) is 9.32. The van der Waals surface area contributed by atoms with Crippen molar-refractivity contribution in [3.8, 4) is 0 Å². The van der Waals surface area contributed by atoms with Crippen molar-refractivity contribution < 1.29 is 4.79 Å². The molecule has 1 saturated heterocycles. The highest BCUT2D eigenvalue weighted by atomic mass is 35.5. The van der Waals surface area contributed by atoms with Gasteiger partial charge in [0, 0.05) is 11.6 Å². The van der Waals surface area contributed by atoms with Crippen molar-refractivity contribution in [2.45, 2.75) is 25.3 Å². The van der Waals surface area contributed by atoms with E-state index >= 15 is 0 Å². The summed E-state index contributed by atoms with van der Waals surface area (Å²) in [6.07, 6.45) is 2.90. The number of amides is 1. The summed E-state index contributed by atoms with van der Waals surface area (Å²) in [5.74, 6) is 0.0618. The van der Waals surface area contributed by atoms with Crippen molar-refractivity contribution >= 4 is 28.8 Å². The summed E-state index contributed by atoms with van der Waals surface area (Å²) in [6.45, 7) is 2.91. The molecule has 0 saturated carbocycles. The minimum atomic E-state index is 0.0618. The molecule has 1 amide bonds. The van der Waals surface area contributed by atoms with Crippen molar-refractivity contribution in [3.05, 3.63) is 57.2 Å². The fraction of sp³-hybridized carbons (Fsp3) is 0.389.